The molecule has 0 radical (unpaired) electrons. The van der Waals surface area contributed by atoms with Crippen molar-refractivity contribution in [2.24, 2.45) is 0 Å². The first-order valence-corrected chi connectivity index (χ1v) is 8.15. The molecule has 2 rings (SSSR count). The maximum atomic E-state index is 10.3. The van der Waals surface area contributed by atoms with Gasteiger partial charge in [-0.15, -0.1) is 0 Å². The fourth-order valence-corrected chi connectivity index (χ4v) is 3.44. The molecular weight excluding hydrogens is 342 g/mol. The van der Waals surface area contributed by atoms with E-state index in [4.69, 9.17) is 16.3 Å². The minimum Gasteiger partial charge on any atom is -0.388 e. The summed E-state index contributed by atoms with van der Waals surface area (Å²) in [6.07, 6.45) is 2.80. The molecule has 0 saturated carbocycles. The molecule has 1 aliphatic rings. The number of nitrogens with zero attached hydrogens (tertiary/aromatic N) is 1. The van der Waals surface area contributed by atoms with E-state index >= 15 is 0 Å². The van der Waals surface area contributed by atoms with E-state index in [-0.39, 0.29) is 0 Å². The number of aliphatic hydroxyl groups excluding tert-OH is 1. The van der Waals surface area contributed by atoms with Gasteiger partial charge in [0.15, 0.2) is 0 Å². The zero-order valence-corrected chi connectivity index (χ0v) is 14.0. The lowest BCUT2D eigenvalue weighted by molar-refractivity contribution is 0.0255. The molecule has 1 N–H and O–H groups in total. The minimum absolute atomic E-state index is 0.331. The second kappa shape index (κ2) is 7.76. The van der Waals surface area contributed by atoms with E-state index in [1.165, 1.54) is 0 Å². The highest BCUT2D eigenvalue weighted by atomic mass is 79.9. The fraction of sp³-hybridized carbons (Fsp3) is 0.600. The van der Waals surface area contributed by atoms with Gasteiger partial charge in [-0.25, -0.2) is 0 Å². The van der Waals surface area contributed by atoms with E-state index < -0.39 is 6.10 Å². The topological polar surface area (TPSA) is 32.7 Å². The molecule has 1 aromatic rings. The van der Waals surface area contributed by atoms with Gasteiger partial charge >= 0.3 is 0 Å². The largest absolute Gasteiger partial charge is 0.388 e. The Balaban J connectivity index is 1.86. The van der Waals surface area contributed by atoms with Crippen LogP contribution in [0, 0.1) is 0 Å². The van der Waals surface area contributed by atoms with Crippen LogP contribution in [0.4, 0.5) is 0 Å². The monoisotopic (exact) mass is 361 g/mol. The van der Waals surface area contributed by atoms with E-state index in [1.54, 1.807) is 7.11 Å². The van der Waals surface area contributed by atoms with E-state index in [0.717, 1.165) is 42.5 Å². The van der Waals surface area contributed by atoms with Crippen molar-refractivity contribution in [3.05, 3.63) is 33.3 Å². The third kappa shape index (κ3) is 4.43. The summed E-state index contributed by atoms with van der Waals surface area (Å²) < 4.78 is 6.34. The van der Waals surface area contributed by atoms with Crippen molar-refractivity contribution in [1.82, 2.24) is 4.90 Å². The quantitative estimate of drug-likeness (QED) is 0.868. The minimum atomic E-state index is -0.515. The summed E-state index contributed by atoms with van der Waals surface area (Å²) in [6, 6.07) is 5.61. The third-order valence-corrected chi connectivity index (χ3v) is 4.66. The predicted octanol–water partition coefficient (Wildman–Crippen LogP) is 3.64. The maximum Gasteiger partial charge on any atom is 0.0816 e. The van der Waals surface area contributed by atoms with Crippen LogP contribution in [0.5, 0.6) is 0 Å². The van der Waals surface area contributed by atoms with E-state index in [2.05, 4.69) is 20.8 Å². The van der Waals surface area contributed by atoms with E-state index in [1.807, 2.05) is 18.2 Å². The molecule has 0 aromatic heterocycles. The maximum absolute atomic E-state index is 10.3. The van der Waals surface area contributed by atoms with E-state index in [9.17, 15) is 5.11 Å². The van der Waals surface area contributed by atoms with Crippen LogP contribution < -0.4 is 0 Å². The van der Waals surface area contributed by atoms with Crippen LogP contribution in [0.15, 0.2) is 22.7 Å². The summed E-state index contributed by atoms with van der Waals surface area (Å²) in [4.78, 5) is 2.35. The molecule has 5 heteroatoms. The first-order valence-electron chi connectivity index (χ1n) is 6.98. The Labute approximate surface area is 134 Å². The number of methoxy groups -OCH3 is 1. The molecule has 112 valence electrons. The Morgan fingerprint density at radius 1 is 1.55 bits per heavy atom. The highest BCUT2D eigenvalue weighted by Gasteiger charge is 2.20. The van der Waals surface area contributed by atoms with Gasteiger partial charge in [-0.05, 0) is 43.5 Å². The van der Waals surface area contributed by atoms with Crippen molar-refractivity contribution in [2.75, 3.05) is 26.7 Å². The van der Waals surface area contributed by atoms with E-state index in [0.29, 0.717) is 17.5 Å². The first kappa shape index (κ1) is 16.2. The molecule has 3 nitrogen and oxygen atoms in total. The SMILES string of the molecule is COC1CCCN(CCC(O)c2ccc(Br)cc2Cl)C1. The zero-order valence-electron chi connectivity index (χ0n) is 11.7. The lowest BCUT2D eigenvalue weighted by Gasteiger charge is -2.32. The Bertz CT molecular complexity index is 444. The van der Waals surface area contributed by atoms with Crippen molar-refractivity contribution in [3.8, 4) is 0 Å². The lowest BCUT2D eigenvalue weighted by Crippen LogP contribution is -2.40. The molecular formula is C15H21BrClNO2. The number of aliphatic hydroxyl groups is 1. The smallest absolute Gasteiger partial charge is 0.0816 e. The number of piperidine rings is 1. The molecule has 1 fully saturated rings. The fourth-order valence-electron chi connectivity index (χ4n) is 2.64. The van der Waals surface area contributed by atoms with Crippen LogP contribution in [-0.2, 0) is 4.74 Å². The van der Waals surface area contributed by atoms with Gasteiger partial charge in [0.25, 0.3) is 0 Å². The van der Waals surface area contributed by atoms with Crippen LogP contribution >= 0.6 is 27.5 Å². The average Bonchev–Trinajstić information content (AvgIpc) is 2.45. The van der Waals surface area contributed by atoms with Gasteiger partial charge in [0.2, 0.25) is 0 Å². The van der Waals surface area contributed by atoms with Crippen molar-refractivity contribution in [2.45, 2.75) is 31.5 Å². The number of hydrogen-bond donors (Lipinski definition) is 1. The van der Waals surface area contributed by atoms with Crippen molar-refractivity contribution < 1.29 is 9.84 Å². The summed E-state index contributed by atoms with van der Waals surface area (Å²) in [5.74, 6) is 0. The highest BCUT2D eigenvalue weighted by Crippen LogP contribution is 2.28. The molecule has 0 bridgehead atoms. The van der Waals surface area contributed by atoms with Gasteiger partial charge in [-0.2, -0.15) is 0 Å². The van der Waals surface area contributed by atoms with Crippen LogP contribution in [0.25, 0.3) is 0 Å². The van der Waals surface area contributed by atoms with Gasteiger partial charge in [0, 0.05) is 29.7 Å². The van der Waals surface area contributed by atoms with Crippen LogP contribution in [-0.4, -0.2) is 42.9 Å². The van der Waals surface area contributed by atoms with Gasteiger partial charge in [0.1, 0.15) is 0 Å². The molecule has 2 unspecified atom stereocenters. The van der Waals surface area contributed by atoms with Gasteiger partial charge in [-0.1, -0.05) is 33.6 Å². The Morgan fingerprint density at radius 3 is 3.05 bits per heavy atom. The zero-order chi connectivity index (χ0) is 14.5. The highest BCUT2D eigenvalue weighted by molar-refractivity contribution is 9.10. The second-order valence-corrected chi connectivity index (χ2v) is 6.59. The number of likely N-dealkylation sites (tertiary alicyclic amines) is 1. The number of rotatable bonds is 5. The van der Waals surface area contributed by atoms with Gasteiger partial charge in [0.05, 0.1) is 12.2 Å². The molecule has 1 aliphatic heterocycles. The molecule has 1 saturated heterocycles. The van der Waals surface area contributed by atoms with Gasteiger partial charge in [-0.3, -0.25) is 0 Å². The van der Waals surface area contributed by atoms with Crippen molar-refractivity contribution >= 4 is 27.5 Å². The number of hydrogen-bond acceptors (Lipinski definition) is 3. The summed E-state index contributed by atoms with van der Waals surface area (Å²) in [5.41, 5.74) is 0.801. The Kier molecular flexibility index (Phi) is 6.30. The molecule has 1 aromatic carbocycles. The summed E-state index contributed by atoms with van der Waals surface area (Å²) in [6.45, 7) is 2.91. The average molecular weight is 363 g/mol. The third-order valence-electron chi connectivity index (χ3n) is 3.84. The second-order valence-electron chi connectivity index (χ2n) is 5.27. The van der Waals surface area contributed by atoms with Crippen LogP contribution in [0.3, 0.4) is 0 Å². The summed E-state index contributed by atoms with van der Waals surface area (Å²) >= 11 is 9.54. The molecule has 1 heterocycles. The number of benzene rings is 1. The molecule has 0 amide bonds. The Hall–Kier alpha value is -0.130. The van der Waals surface area contributed by atoms with Crippen molar-refractivity contribution in [1.29, 1.82) is 0 Å². The number of ether oxygens (including phenoxy) is 1. The van der Waals surface area contributed by atoms with Gasteiger partial charge < -0.3 is 14.7 Å². The van der Waals surface area contributed by atoms with Crippen LogP contribution in [0.2, 0.25) is 5.02 Å². The first-order chi connectivity index (χ1) is 9.60. The summed E-state index contributed by atoms with van der Waals surface area (Å²) in [5, 5.41) is 10.9. The molecule has 0 spiro atoms. The Morgan fingerprint density at radius 2 is 2.35 bits per heavy atom. The number of halogens is 2. The molecule has 20 heavy (non-hydrogen) atoms. The predicted molar refractivity (Wildman–Crippen MR) is 85.2 cm³/mol. The van der Waals surface area contributed by atoms with Crippen molar-refractivity contribution in [3.63, 3.8) is 0 Å². The molecule has 2 atom stereocenters. The lowest BCUT2D eigenvalue weighted by atomic mass is 10.0. The molecule has 0 aliphatic carbocycles. The van der Waals surface area contributed by atoms with Crippen LogP contribution in [0.1, 0.15) is 30.9 Å². The summed E-state index contributed by atoms with van der Waals surface area (Å²) in [7, 11) is 1.77. The standard InChI is InChI=1S/C15H21BrClNO2/c1-20-12-3-2-7-18(10-12)8-6-15(19)13-5-4-11(16)9-14(13)17/h4-5,9,12,15,19H,2-3,6-8,10H2,1H3. The normalized spacial score (nSPS) is 21.9.